The number of carbonyl (C=O) groups excluding carboxylic acids is 1. The molecule has 2 aromatic heterocycles. The molecule has 6 nitrogen and oxygen atoms in total. The Morgan fingerprint density at radius 2 is 1.83 bits per heavy atom. The SMILES string of the molecule is CCCn1c(S[C@H](C)C(=O)N[C@H](C)c2ccc(F)cc2)nnc1-c1ccncc1. The molecule has 0 saturated carbocycles. The third kappa shape index (κ3) is 5.20. The smallest absolute Gasteiger partial charge is 0.233 e. The summed E-state index contributed by atoms with van der Waals surface area (Å²) in [6, 6.07) is 9.71. The van der Waals surface area contributed by atoms with Crippen LogP contribution >= 0.6 is 11.8 Å². The molecule has 0 unspecified atom stereocenters. The van der Waals surface area contributed by atoms with Crippen LogP contribution in [0.1, 0.15) is 38.8 Å². The van der Waals surface area contributed by atoms with Crippen LogP contribution in [0.15, 0.2) is 53.9 Å². The number of rotatable bonds is 8. The molecule has 0 saturated heterocycles. The van der Waals surface area contributed by atoms with Crippen molar-refractivity contribution < 1.29 is 9.18 Å². The normalized spacial score (nSPS) is 13.1. The van der Waals surface area contributed by atoms with Gasteiger partial charge in [-0.05, 0) is 50.1 Å². The zero-order valence-corrected chi connectivity index (χ0v) is 17.5. The van der Waals surface area contributed by atoms with Crippen molar-refractivity contribution in [3.8, 4) is 11.4 Å². The van der Waals surface area contributed by atoms with Crippen LogP contribution in [0.4, 0.5) is 4.39 Å². The first-order chi connectivity index (χ1) is 14.0. The van der Waals surface area contributed by atoms with Gasteiger partial charge in [-0.3, -0.25) is 9.78 Å². The number of carbonyl (C=O) groups is 1. The van der Waals surface area contributed by atoms with Crippen molar-refractivity contribution in [2.45, 2.75) is 50.2 Å². The highest BCUT2D eigenvalue weighted by Crippen LogP contribution is 2.27. The zero-order chi connectivity index (χ0) is 20.8. The number of nitrogens with one attached hydrogen (secondary N) is 1. The third-order valence-electron chi connectivity index (χ3n) is 4.48. The lowest BCUT2D eigenvalue weighted by molar-refractivity contribution is -0.120. The number of amides is 1. The summed E-state index contributed by atoms with van der Waals surface area (Å²) in [6.07, 6.45) is 4.37. The second-order valence-corrected chi connectivity index (χ2v) is 8.04. The molecule has 0 bridgehead atoms. The van der Waals surface area contributed by atoms with Crippen LogP contribution in [0.3, 0.4) is 0 Å². The van der Waals surface area contributed by atoms with Gasteiger partial charge in [0, 0.05) is 24.5 Å². The van der Waals surface area contributed by atoms with Crippen molar-refractivity contribution in [2.75, 3.05) is 0 Å². The number of pyridine rings is 1. The monoisotopic (exact) mass is 413 g/mol. The predicted octanol–water partition coefficient (Wildman–Crippen LogP) is 4.25. The second-order valence-electron chi connectivity index (χ2n) is 6.74. The van der Waals surface area contributed by atoms with E-state index in [0.717, 1.165) is 29.9 Å². The van der Waals surface area contributed by atoms with Gasteiger partial charge in [0.15, 0.2) is 11.0 Å². The van der Waals surface area contributed by atoms with Gasteiger partial charge in [0.25, 0.3) is 0 Å². The molecule has 0 aliphatic rings. The summed E-state index contributed by atoms with van der Waals surface area (Å²) < 4.78 is 15.1. The quantitative estimate of drug-likeness (QED) is 0.559. The average Bonchev–Trinajstić information content (AvgIpc) is 3.11. The van der Waals surface area contributed by atoms with E-state index in [2.05, 4.69) is 27.4 Å². The number of nitrogens with zero attached hydrogens (tertiary/aromatic N) is 4. The summed E-state index contributed by atoms with van der Waals surface area (Å²) in [6.45, 7) is 6.57. The number of aromatic nitrogens is 4. The van der Waals surface area contributed by atoms with Crippen LogP contribution < -0.4 is 5.32 Å². The Balaban J connectivity index is 1.71. The molecule has 0 fully saturated rings. The van der Waals surface area contributed by atoms with Crippen molar-refractivity contribution in [2.24, 2.45) is 0 Å². The topological polar surface area (TPSA) is 72.7 Å². The Labute approximate surface area is 174 Å². The highest BCUT2D eigenvalue weighted by molar-refractivity contribution is 8.00. The first-order valence-corrected chi connectivity index (χ1v) is 10.4. The minimum Gasteiger partial charge on any atom is -0.349 e. The first-order valence-electron chi connectivity index (χ1n) is 9.55. The highest BCUT2D eigenvalue weighted by atomic mass is 32.2. The summed E-state index contributed by atoms with van der Waals surface area (Å²) in [5, 5.41) is 12.0. The van der Waals surface area contributed by atoms with Gasteiger partial charge < -0.3 is 9.88 Å². The van der Waals surface area contributed by atoms with Crippen LogP contribution in [-0.4, -0.2) is 30.9 Å². The van der Waals surface area contributed by atoms with Gasteiger partial charge in [0.05, 0.1) is 11.3 Å². The van der Waals surface area contributed by atoms with E-state index < -0.39 is 0 Å². The maximum Gasteiger partial charge on any atom is 0.233 e. The molecule has 152 valence electrons. The molecule has 3 aromatic rings. The Hall–Kier alpha value is -2.74. The predicted molar refractivity (Wildman–Crippen MR) is 112 cm³/mol. The standard InChI is InChI=1S/C21H24FN5OS/c1-4-13-27-19(17-9-11-23-12-10-17)25-26-21(27)29-15(3)20(28)24-14(2)16-5-7-18(22)8-6-16/h5-12,14-15H,4,13H2,1-3H3,(H,24,28)/t14-,15-/m1/s1. The Morgan fingerprint density at radius 3 is 2.48 bits per heavy atom. The molecule has 0 aliphatic heterocycles. The molecule has 0 spiro atoms. The third-order valence-corrected chi connectivity index (χ3v) is 5.56. The van der Waals surface area contributed by atoms with E-state index in [4.69, 9.17) is 0 Å². The summed E-state index contributed by atoms with van der Waals surface area (Å²) in [5.41, 5.74) is 1.79. The van der Waals surface area contributed by atoms with Crippen molar-refractivity contribution >= 4 is 17.7 Å². The average molecular weight is 414 g/mol. The molecule has 1 amide bonds. The number of halogens is 1. The Kier molecular flexibility index (Phi) is 6.98. The maximum absolute atomic E-state index is 13.1. The fourth-order valence-electron chi connectivity index (χ4n) is 2.89. The van der Waals surface area contributed by atoms with E-state index in [1.165, 1.54) is 23.9 Å². The van der Waals surface area contributed by atoms with Gasteiger partial charge in [-0.25, -0.2) is 4.39 Å². The highest BCUT2D eigenvalue weighted by Gasteiger charge is 2.22. The number of hydrogen-bond donors (Lipinski definition) is 1. The maximum atomic E-state index is 13.1. The Bertz CT molecular complexity index is 945. The fourth-order valence-corrected chi connectivity index (χ4v) is 3.78. The van der Waals surface area contributed by atoms with E-state index in [1.807, 2.05) is 30.5 Å². The second kappa shape index (κ2) is 9.65. The van der Waals surface area contributed by atoms with Crippen molar-refractivity contribution in [3.63, 3.8) is 0 Å². The van der Waals surface area contributed by atoms with Gasteiger partial charge in [-0.2, -0.15) is 0 Å². The Morgan fingerprint density at radius 1 is 1.14 bits per heavy atom. The summed E-state index contributed by atoms with van der Waals surface area (Å²) in [5.74, 6) is 0.365. The molecule has 2 heterocycles. The van der Waals surface area contributed by atoms with Crippen molar-refractivity contribution in [1.29, 1.82) is 0 Å². The molecule has 2 atom stereocenters. The molecule has 29 heavy (non-hydrogen) atoms. The lowest BCUT2D eigenvalue weighted by Crippen LogP contribution is -2.33. The summed E-state index contributed by atoms with van der Waals surface area (Å²) >= 11 is 1.38. The molecule has 0 radical (unpaired) electrons. The number of benzene rings is 1. The largest absolute Gasteiger partial charge is 0.349 e. The van der Waals surface area contributed by atoms with Crippen LogP contribution in [0.25, 0.3) is 11.4 Å². The van der Waals surface area contributed by atoms with Crippen molar-refractivity contribution in [3.05, 3.63) is 60.2 Å². The van der Waals surface area contributed by atoms with Gasteiger partial charge in [-0.15, -0.1) is 10.2 Å². The van der Waals surface area contributed by atoms with Gasteiger partial charge in [0.2, 0.25) is 5.91 Å². The lowest BCUT2D eigenvalue weighted by Gasteiger charge is -2.18. The minimum atomic E-state index is -0.358. The van der Waals surface area contributed by atoms with E-state index >= 15 is 0 Å². The van der Waals surface area contributed by atoms with E-state index in [9.17, 15) is 9.18 Å². The minimum absolute atomic E-state index is 0.108. The van der Waals surface area contributed by atoms with E-state index in [1.54, 1.807) is 24.5 Å². The van der Waals surface area contributed by atoms with Gasteiger partial charge in [0.1, 0.15) is 5.82 Å². The van der Waals surface area contributed by atoms with Gasteiger partial charge in [-0.1, -0.05) is 30.8 Å². The zero-order valence-electron chi connectivity index (χ0n) is 16.7. The van der Waals surface area contributed by atoms with Gasteiger partial charge >= 0.3 is 0 Å². The van der Waals surface area contributed by atoms with Crippen LogP contribution in [0.5, 0.6) is 0 Å². The van der Waals surface area contributed by atoms with Crippen LogP contribution in [0, 0.1) is 5.82 Å². The number of hydrogen-bond acceptors (Lipinski definition) is 5. The molecule has 3 rings (SSSR count). The first kappa shape index (κ1) is 21.0. The van der Waals surface area contributed by atoms with Crippen LogP contribution in [-0.2, 0) is 11.3 Å². The molecular weight excluding hydrogens is 389 g/mol. The molecule has 1 N–H and O–H groups in total. The van der Waals surface area contributed by atoms with E-state index in [-0.39, 0.29) is 23.0 Å². The molecule has 8 heteroatoms. The summed E-state index contributed by atoms with van der Waals surface area (Å²) in [7, 11) is 0. The summed E-state index contributed by atoms with van der Waals surface area (Å²) in [4.78, 5) is 16.7. The van der Waals surface area contributed by atoms with Crippen LogP contribution in [0.2, 0.25) is 0 Å². The fraction of sp³-hybridized carbons (Fsp3) is 0.333. The molecule has 0 aliphatic carbocycles. The number of thioether (sulfide) groups is 1. The van der Waals surface area contributed by atoms with E-state index in [0.29, 0.717) is 5.16 Å². The molecule has 1 aromatic carbocycles. The van der Waals surface area contributed by atoms with Crippen molar-refractivity contribution in [1.82, 2.24) is 25.1 Å². The molecular formula is C21H24FN5OS. The lowest BCUT2D eigenvalue weighted by atomic mass is 10.1.